The van der Waals surface area contributed by atoms with Gasteiger partial charge in [0.15, 0.2) is 0 Å². The summed E-state index contributed by atoms with van der Waals surface area (Å²) in [5, 5.41) is 11.8. The van der Waals surface area contributed by atoms with Crippen molar-refractivity contribution < 1.29 is 9.59 Å². The second kappa shape index (κ2) is 6.68. The number of hydrogen-bond acceptors (Lipinski definition) is 5. The number of halogens is 1. The average Bonchev–Trinajstić information content (AvgIpc) is 3.27. The number of hydrogen-bond donors (Lipinski definition) is 0. The fourth-order valence-electron chi connectivity index (χ4n) is 3.40. The lowest BCUT2D eigenvalue weighted by molar-refractivity contribution is -0.142. The van der Waals surface area contributed by atoms with E-state index in [9.17, 15) is 9.59 Å². The number of nitrogens with zero attached hydrogens (tertiary/aromatic N) is 6. The van der Waals surface area contributed by atoms with Gasteiger partial charge < -0.3 is 9.80 Å². The topological polar surface area (TPSA) is 84.2 Å². The smallest absolute Gasteiger partial charge is 0.250 e. The standard InChI is InChI=1S/C17H19ClN6O2/c18-14-3-1-2-13(10-14)11-15(25)22-6-8-23(9-7-22)16(26)17(4-5-17)24-12-19-20-21-24/h1-3,10,12H,4-9,11H2. The summed E-state index contributed by atoms with van der Waals surface area (Å²) in [6, 6.07) is 7.34. The maximum Gasteiger partial charge on any atom is 0.250 e. The largest absolute Gasteiger partial charge is 0.339 e. The van der Waals surface area contributed by atoms with Crippen LogP contribution in [0.25, 0.3) is 0 Å². The van der Waals surface area contributed by atoms with Gasteiger partial charge in [-0.2, -0.15) is 0 Å². The number of rotatable bonds is 4. The highest BCUT2D eigenvalue weighted by atomic mass is 35.5. The molecule has 0 atom stereocenters. The van der Waals surface area contributed by atoms with E-state index in [0.717, 1.165) is 18.4 Å². The molecule has 1 aromatic carbocycles. The van der Waals surface area contributed by atoms with Gasteiger partial charge >= 0.3 is 0 Å². The van der Waals surface area contributed by atoms with Crippen LogP contribution in [0.2, 0.25) is 5.02 Å². The lowest BCUT2D eigenvalue weighted by Gasteiger charge is -2.36. The molecule has 136 valence electrons. The number of amides is 2. The lowest BCUT2D eigenvalue weighted by atomic mass is 10.1. The molecule has 8 nitrogen and oxygen atoms in total. The van der Waals surface area contributed by atoms with E-state index >= 15 is 0 Å². The van der Waals surface area contributed by atoms with Gasteiger partial charge in [-0.25, -0.2) is 4.68 Å². The molecule has 0 radical (unpaired) electrons. The fraction of sp³-hybridized carbons (Fsp3) is 0.471. The van der Waals surface area contributed by atoms with Crippen molar-refractivity contribution in [3.05, 3.63) is 41.2 Å². The predicted octanol–water partition coefficient (Wildman–Crippen LogP) is 0.729. The monoisotopic (exact) mass is 374 g/mol. The van der Waals surface area contributed by atoms with Crippen LogP contribution < -0.4 is 0 Å². The minimum atomic E-state index is -0.615. The van der Waals surface area contributed by atoms with E-state index < -0.39 is 5.54 Å². The third kappa shape index (κ3) is 3.16. The highest BCUT2D eigenvalue weighted by Gasteiger charge is 2.55. The summed E-state index contributed by atoms with van der Waals surface area (Å²) in [7, 11) is 0. The SMILES string of the molecule is O=C(Cc1cccc(Cl)c1)N1CCN(C(=O)C2(n3cnnn3)CC2)CC1. The third-order valence-corrected chi connectivity index (χ3v) is 5.31. The molecule has 2 fully saturated rings. The molecule has 0 N–H and O–H groups in total. The summed E-state index contributed by atoms with van der Waals surface area (Å²) in [5.74, 6) is 0.104. The molecule has 9 heteroatoms. The summed E-state index contributed by atoms with van der Waals surface area (Å²) in [6.07, 6.45) is 3.33. The second-order valence-electron chi connectivity index (χ2n) is 6.77. The van der Waals surface area contributed by atoms with Crippen LogP contribution in [-0.2, 0) is 21.5 Å². The van der Waals surface area contributed by atoms with Gasteiger partial charge in [-0.3, -0.25) is 9.59 Å². The number of carbonyl (C=O) groups excluding carboxylic acids is 2. The van der Waals surface area contributed by atoms with Gasteiger partial charge in [0.1, 0.15) is 11.9 Å². The van der Waals surface area contributed by atoms with Crippen LogP contribution in [0.15, 0.2) is 30.6 Å². The lowest BCUT2D eigenvalue weighted by Crippen LogP contribution is -2.54. The van der Waals surface area contributed by atoms with Gasteiger partial charge in [0.2, 0.25) is 5.91 Å². The minimum absolute atomic E-state index is 0.0479. The van der Waals surface area contributed by atoms with Gasteiger partial charge in [0.25, 0.3) is 5.91 Å². The van der Waals surface area contributed by atoms with Crippen LogP contribution in [0.3, 0.4) is 0 Å². The van der Waals surface area contributed by atoms with Crippen molar-refractivity contribution in [2.24, 2.45) is 0 Å². The summed E-state index contributed by atoms with van der Waals surface area (Å²) >= 11 is 5.97. The zero-order valence-electron chi connectivity index (χ0n) is 14.2. The number of carbonyl (C=O) groups is 2. The van der Waals surface area contributed by atoms with Crippen LogP contribution in [0.1, 0.15) is 18.4 Å². The van der Waals surface area contributed by atoms with E-state index in [1.54, 1.807) is 15.6 Å². The maximum absolute atomic E-state index is 12.9. The predicted molar refractivity (Wildman–Crippen MR) is 93.3 cm³/mol. The van der Waals surface area contributed by atoms with Crippen molar-refractivity contribution in [2.75, 3.05) is 26.2 Å². The molecular weight excluding hydrogens is 356 g/mol. The zero-order chi connectivity index (χ0) is 18.1. The average molecular weight is 375 g/mol. The van der Waals surface area contributed by atoms with E-state index in [-0.39, 0.29) is 11.8 Å². The zero-order valence-corrected chi connectivity index (χ0v) is 15.0. The molecule has 1 saturated carbocycles. The van der Waals surface area contributed by atoms with Crippen molar-refractivity contribution in [2.45, 2.75) is 24.8 Å². The summed E-state index contributed by atoms with van der Waals surface area (Å²) < 4.78 is 1.56. The number of benzene rings is 1. The minimum Gasteiger partial charge on any atom is -0.339 e. The molecule has 26 heavy (non-hydrogen) atoms. The molecule has 2 aromatic rings. The number of tetrazole rings is 1. The van der Waals surface area contributed by atoms with Crippen LogP contribution in [-0.4, -0.2) is 68.0 Å². The quantitative estimate of drug-likeness (QED) is 0.787. The van der Waals surface area contributed by atoms with Gasteiger partial charge in [-0.1, -0.05) is 23.7 Å². The highest BCUT2D eigenvalue weighted by Crippen LogP contribution is 2.44. The number of piperazine rings is 1. The van der Waals surface area contributed by atoms with Crippen molar-refractivity contribution >= 4 is 23.4 Å². The first-order valence-electron chi connectivity index (χ1n) is 8.63. The summed E-state index contributed by atoms with van der Waals surface area (Å²) in [6.45, 7) is 2.14. The molecule has 0 unspecified atom stereocenters. The van der Waals surface area contributed by atoms with E-state index in [2.05, 4.69) is 15.5 Å². The molecule has 1 aliphatic heterocycles. The van der Waals surface area contributed by atoms with Gasteiger partial charge in [0, 0.05) is 31.2 Å². The van der Waals surface area contributed by atoms with E-state index in [0.29, 0.717) is 37.6 Å². The Morgan fingerprint density at radius 2 is 1.85 bits per heavy atom. The molecule has 0 bridgehead atoms. The van der Waals surface area contributed by atoms with E-state index in [1.165, 1.54) is 6.33 Å². The van der Waals surface area contributed by atoms with Gasteiger partial charge in [0.05, 0.1) is 6.42 Å². The number of aromatic nitrogens is 4. The fourth-order valence-corrected chi connectivity index (χ4v) is 3.62. The van der Waals surface area contributed by atoms with Crippen molar-refractivity contribution in [3.63, 3.8) is 0 Å². The molecular formula is C17H19ClN6O2. The molecule has 2 amide bonds. The first-order chi connectivity index (χ1) is 12.6. The molecule has 1 aromatic heterocycles. The van der Waals surface area contributed by atoms with Crippen LogP contribution in [0, 0.1) is 0 Å². The van der Waals surface area contributed by atoms with Crippen molar-refractivity contribution in [1.82, 2.24) is 30.0 Å². The Hall–Kier alpha value is -2.48. The maximum atomic E-state index is 12.9. The molecule has 2 heterocycles. The van der Waals surface area contributed by atoms with Crippen molar-refractivity contribution in [1.29, 1.82) is 0 Å². The Morgan fingerprint density at radius 1 is 1.12 bits per heavy atom. The molecule has 4 rings (SSSR count). The molecule has 2 aliphatic rings. The Labute approximate surface area is 155 Å². The summed E-state index contributed by atoms with van der Waals surface area (Å²) in [5.41, 5.74) is 0.285. The molecule has 1 saturated heterocycles. The first kappa shape index (κ1) is 17.0. The molecule has 0 spiro atoms. The Balaban J connectivity index is 1.34. The van der Waals surface area contributed by atoms with Gasteiger partial charge in [-0.15, -0.1) is 5.10 Å². The summed E-state index contributed by atoms with van der Waals surface area (Å²) in [4.78, 5) is 29.0. The normalized spacial score (nSPS) is 18.7. The van der Waals surface area contributed by atoms with Crippen LogP contribution >= 0.6 is 11.6 Å². The first-order valence-corrected chi connectivity index (χ1v) is 9.01. The van der Waals surface area contributed by atoms with E-state index in [1.807, 2.05) is 23.1 Å². The Bertz CT molecular complexity index is 812. The van der Waals surface area contributed by atoms with Gasteiger partial charge in [-0.05, 0) is 41.0 Å². The third-order valence-electron chi connectivity index (χ3n) is 5.07. The Kier molecular flexibility index (Phi) is 4.36. The van der Waals surface area contributed by atoms with E-state index in [4.69, 9.17) is 11.6 Å². The van der Waals surface area contributed by atoms with Crippen molar-refractivity contribution in [3.8, 4) is 0 Å². The van der Waals surface area contributed by atoms with Crippen LogP contribution in [0.4, 0.5) is 0 Å². The second-order valence-corrected chi connectivity index (χ2v) is 7.20. The van der Waals surface area contributed by atoms with Crippen LogP contribution in [0.5, 0.6) is 0 Å². The Morgan fingerprint density at radius 3 is 2.46 bits per heavy atom. The highest BCUT2D eigenvalue weighted by molar-refractivity contribution is 6.30. The molecule has 1 aliphatic carbocycles.